The monoisotopic (exact) mass is 237 g/mol. The SMILES string of the molecule is CCCCN(C)COc1ccc(C(=O)O)cc1. The number of aromatic carboxylic acids is 1. The molecule has 17 heavy (non-hydrogen) atoms. The summed E-state index contributed by atoms with van der Waals surface area (Å²) in [6.45, 7) is 3.68. The van der Waals surface area contributed by atoms with Crippen LogP contribution in [0.4, 0.5) is 0 Å². The van der Waals surface area contributed by atoms with Gasteiger partial charge in [-0.1, -0.05) is 13.3 Å². The number of unbranched alkanes of at least 4 members (excludes halogenated alkanes) is 1. The third-order valence-electron chi connectivity index (χ3n) is 2.45. The molecule has 0 unspecified atom stereocenters. The highest BCUT2D eigenvalue weighted by Crippen LogP contribution is 2.12. The second-order valence-electron chi connectivity index (χ2n) is 4.04. The van der Waals surface area contributed by atoms with E-state index in [1.165, 1.54) is 0 Å². The van der Waals surface area contributed by atoms with Gasteiger partial charge in [0.2, 0.25) is 0 Å². The van der Waals surface area contributed by atoms with Crippen molar-refractivity contribution in [1.82, 2.24) is 4.90 Å². The number of carboxylic acids is 1. The first kappa shape index (κ1) is 13.5. The first-order valence-corrected chi connectivity index (χ1v) is 5.78. The van der Waals surface area contributed by atoms with Crippen LogP contribution in [0, 0.1) is 0 Å². The molecule has 0 aliphatic carbocycles. The zero-order valence-corrected chi connectivity index (χ0v) is 10.3. The molecule has 0 radical (unpaired) electrons. The molecule has 1 aromatic rings. The molecule has 1 rings (SSSR count). The lowest BCUT2D eigenvalue weighted by Gasteiger charge is -2.16. The maximum atomic E-state index is 10.6. The highest BCUT2D eigenvalue weighted by Gasteiger charge is 2.03. The van der Waals surface area contributed by atoms with Crippen molar-refractivity contribution in [1.29, 1.82) is 0 Å². The van der Waals surface area contributed by atoms with Gasteiger partial charge in [0.25, 0.3) is 0 Å². The molecule has 94 valence electrons. The van der Waals surface area contributed by atoms with E-state index in [-0.39, 0.29) is 5.56 Å². The molecule has 0 amide bonds. The lowest BCUT2D eigenvalue weighted by atomic mass is 10.2. The van der Waals surface area contributed by atoms with Gasteiger partial charge in [0, 0.05) is 6.54 Å². The summed E-state index contributed by atoms with van der Waals surface area (Å²) in [5.74, 6) is -0.227. The van der Waals surface area contributed by atoms with Crippen LogP contribution in [0.5, 0.6) is 5.75 Å². The van der Waals surface area contributed by atoms with Crippen molar-refractivity contribution in [2.24, 2.45) is 0 Å². The summed E-state index contributed by atoms with van der Waals surface area (Å²) in [5, 5.41) is 8.74. The number of nitrogens with zero attached hydrogens (tertiary/aromatic N) is 1. The average molecular weight is 237 g/mol. The van der Waals surface area contributed by atoms with E-state index in [0.717, 1.165) is 19.4 Å². The molecule has 0 fully saturated rings. The largest absolute Gasteiger partial charge is 0.478 e. The van der Waals surface area contributed by atoms with Crippen molar-refractivity contribution in [2.75, 3.05) is 20.3 Å². The van der Waals surface area contributed by atoms with E-state index >= 15 is 0 Å². The van der Waals surface area contributed by atoms with E-state index in [1.54, 1.807) is 24.3 Å². The molecule has 0 spiro atoms. The molecule has 0 saturated carbocycles. The summed E-state index contributed by atoms with van der Waals surface area (Å²) >= 11 is 0. The summed E-state index contributed by atoms with van der Waals surface area (Å²) in [5.41, 5.74) is 0.275. The van der Waals surface area contributed by atoms with Gasteiger partial charge in [0.05, 0.1) is 5.56 Å². The maximum Gasteiger partial charge on any atom is 0.335 e. The van der Waals surface area contributed by atoms with Crippen LogP contribution in [-0.2, 0) is 0 Å². The van der Waals surface area contributed by atoms with Crippen molar-refractivity contribution in [3.05, 3.63) is 29.8 Å². The molecule has 0 aromatic heterocycles. The van der Waals surface area contributed by atoms with E-state index in [4.69, 9.17) is 9.84 Å². The standard InChI is InChI=1S/C13H19NO3/c1-3-4-9-14(2)10-17-12-7-5-11(6-8-12)13(15)16/h5-8H,3-4,9-10H2,1-2H3,(H,15,16). The van der Waals surface area contributed by atoms with Crippen LogP contribution < -0.4 is 4.74 Å². The van der Waals surface area contributed by atoms with E-state index in [0.29, 0.717) is 12.5 Å². The maximum absolute atomic E-state index is 10.6. The van der Waals surface area contributed by atoms with Crippen LogP contribution in [0.2, 0.25) is 0 Å². The predicted molar refractivity (Wildman–Crippen MR) is 66.4 cm³/mol. The number of rotatable bonds is 7. The first-order valence-electron chi connectivity index (χ1n) is 5.78. The summed E-state index contributed by atoms with van der Waals surface area (Å²) in [4.78, 5) is 12.7. The van der Waals surface area contributed by atoms with Gasteiger partial charge >= 0.3 is 5.97 Å². The van der Waals surface area contributed by atoms with E-state index < -0.39 is 5.97 Å². The Morgan fingerprint density at radius 3 is 2.53 bits per heavy atom. The lowest BCUT2D eigenvalue weighted by Crippen LogP contribution is -2.24. The minimum Gasteiger partial charge on any atom is -0.478 e. The van der Waals surface area contributed by atoms with Gasteiger partial charge in [-0.3, -0.25) is 4.90 Å². The van der Waals surface area contributed by atoms with Crippen molar-refractivity contribution in [3.63, 3.8) is 0 Å². The number of carboxylic acid groups (broad SMARTS) is 1. The number of ether oxygens (including phenoxy) is 1. The fraction of sp³-hybridized carbons (Fsp3) is 0.462. The smallest absolute Gasteiger partial charge is 0.335 e. The second kappa shape index (κ2) is 6.91. The Kier molecular flexibility index (Phi) is 5.49. The molecule has 1 aromatic carbocycles. The summed E-state index contributed by atoms with van der Waals surface area (Å²) < 4.78 is 5.53. The molecule has 4 heteroatoms. The Morgan fingerprint density at radius 2 is 2.00 bits per heavy atom. The summed E-state index contributed by atoms with van der Waals surface area (Å²) in [7, 11) is 2.00. The third-order valence-corrected chi connectivity index (χ3v) is 2.45. The quantitative estimate of drug-likeness (QED) is 0.740. The lowest BCUT2D eigenvalue weighted by molar-refractivity contribution is 0.0697. The molecule has 0 aliphatic heterocycles. The molecule has 0 heterocycles. The van der Waals surface area contributed by atoms with E-state index in [9.17, 15) is 4.79 Å². The minimum absolute atomic E-state index is 0.275. The molecule has 4 nitrogen and oxygen atoms in total. The third kappa shape index (κ3) is 4.87. The number of hydrogen-bond donors (Lipinski definition) is 1. The molecule has 0 atom stereocenters. The van der Waals surface area contributed by atoms with Crippen molar-refractivity contribution >= 4 is 5.97 Å². The van der Waals surface area contributed by atoms with Crippen LogP contribution >= 0.6 is 0 Å². The molecular weight excluding hydrogens is 218 g/mol. The Bertz CT molecular complexity index is 348. The minimum atomic E-state index is -0.920. The zero-order valence-electron chi connectivity index (χ0n) is 10.3. The molecule has 0 bridgehead atoms. The topological polar surface area (TPSA) is 49.8 Å². The van der Waals surface area contributed by atoms with Gasteiger partial charge in [0.15, 0.2) is 0 Å². The van der Waals surface area contributed by atoms with Crippen molar-refractivity contribution < 1.29 is 14.6 Å². The Labute approximate surface area is 102 Å². The highest BCUT2D eigenvalue weighted by molar-refractivity contribution is 5.87. The van der Waals surface area contributed by atoms with Gasteiger partial charge in [-0.25, -0.2) is 4.79 Å². The van der Waals surface area contributed by atoms with Crippen LogP contribution in [0.3, 0.4) is 0 Å². The van der Waals surface area contributed by atoms with Gasteiger partial charge in [-0.05, 0) is 37.7 Å². The Hall–Kier alpha value is -1.55. The highest BCUT2D eigenvalue weighted by atomic mass is 16.5. The van der Waals surface area contributed by atoms with Crippen molar-refractivity contribution in [2.45, 2.75) is 19.8 Å². The van der Waals surface area contributed by atoms with E-state index in [1.807, 2.05) is 7.05 Å². The van der Waals surface area contributed by atoms with Gasteiger partial charge in [-0.2, -0.15) is 0 Å². The summed E-state index contributed by atoms with van der Waals surface area (Å²) in [6.07, 6.45) is 2.31. The molecular formula is C13H19NO3. The number of hydrogen-bond acceptors (Lipinski definition) is 3. The van der Waals surface area contributed by atoms with Crippen molar-refractivity contribution in [3.8, 4) is 5.75 Å². The molecule has 0 aliphatic rings. The van der Waals surface area contributed by atoms with Gasteiger partial charge in [-0.15, -0.1) is 0 Å². The van der Waals surface area contributed by atoms with Gasteiger partial charge in [0.1, 0.15) is 12.5 Å². The Morgan fingerprint density at radius 1 is 1.35 bits per heavy atom. The van der Waals surface area contributed by atoms with Gasteiger partial charge < -0.3 is 9.84 Å². The van der Waals surface area contributed by atoms with E-state index in [2.05, 4.69) is 11.8 Å². The molecule has 0 saturated heterocycles. The van der Waals surface area contributed by atoms with Crippen LogP contribution in [0.15, 0.2) is 24.3 Å². The first-order chi connectivity index (χ1) is 8.13. The predicted octanol–water partition coefficient (Wildman–Crippen LogP) is 2.45. The fourth-order valence-electron chi connectivity index (χ4n) is 1.37. The summed E-state index contributed by atoms with van der Waals surface area (Å²) in [6, 6.07) is 6.45. The van der Waals surface area contributed by atoms with Crippen LogP contribution in [0.25, 0.3) is 0 Å². The Balaban J connectivity index is 2.39. The molecule has 1 N–H and O–H groups in total. The fourth-order valence-corrected chi connectivity index (χ4v) is 1.37. The van der Waals surface area contributed by atoms with Crippen LogP contribution in [0.1, 0.15) is 30.1 Å². The average Bonchev–Trinajstić information content (AvgIpc) is 2.34. The normalized spacial score (nSPS) is 10.5. The number of benzene rings is 1. The zero-order chi connectivity index (χ0) is 12.7. The second-order valence-corrected chi connectivity index (χ2v) is 4.04. The number of carbonyl (C=O) groups is 1. The van der Waals surface area contributed by atoms with Crippen LogP contribution in [-0.4, -0.2) is 36.3 Å².